The van der Waals surface area contributed by atoms with Gasteiger partial charge in [0.15, 0.2) is 0 Å². The molecule has 2 amide bonds. The smallest absolute Gasteiger partial charge is 0.267 e. The molecule has 0 aromatic heterocycles. The van der Waals surface area contributed by atoms with E-state index in [1.54, 1.807) is 0 Å². The van der Waals surface area contributed by atoms with E-state index in [-0.39, 0.29) is 0 Å². The van der Waals surface area contributed by atoms with Crippen LogP contribution < -0.4 is 0 Å². The van der Waals surface area contributed by atoms with Crippen LogP contribution in [0.5, 0.6) is 0 Å². The van der Waals surface area contributed by atoms with Gasteiger partial charge in [-0.3, -0.25) is 14.5 Å². The Bertz CT molecular complexity index is 668. The summed E-state index contributed by atoms with van der Waals surface area (Å²) in [6, 6.07) is 4.29. The fraction of sp³-hybridized carbons (Fsp3) is 0.429. The molecule has 0 atom stereocenters. The number of imide groups is 1. The van der Waals surface area contributed by atoms with Gasteiger partial charge in [0.2, 0.25) is 0 Å². The van der Waals surface area contributed by atoms with Crippen molar-refractivity contribution < 1.29 is 53.5 Å². The molecular formula is C14H9F10NO2. The van der Waals surface area contributed by atoms with E-state index in [9.17, 15) is 53.5 Å². The molecule has 0 saturated heterocycles. The van der Waals surface area contributed by atoms with Gasteiger partial charge in [0.05, 0.1) is 6.54 Å². The van der Waals surface area contributed by atoms with Crippen molar-refractivity contribution in [2.24, 2.45) is 0 Å². The number of hydrogen-bond donors (Lipinski definition) is 0. The zero-order valence-corrected chi connectivity index (χ0v) is 13.1. The van der Waals surface area contributed by atoms with Gasteiger partial charge in [0.1, 0.15) is 0 Å². The summed E-state index contributed by atoms with van der Waals surface area (Å²) in [7, 11) is 0. The van der Waals surface area contributed by atoms with E-state index < -0.39 is 53.0 Å². The molecule has 152 valence electrons. The second kappa shape index (κ2) is 7.00. The molecule has 3 nitrogen and oxygen atoms in total. The molecule has 0 bridgehead atoms. The lowest BCUT2D eigenvalue weighted by molar-refractivity contribution is -0.283. The van der Waals surface area contributed by atoms with E-state index in [2.05, 4.69) is 0 Å². The number of amides is 2. The van der Waals surface area contributed by atoms with Crippen molar-refractivity contribution in [1.29, 1.82) is 0 Å². The van der Waals surface area contributed by atoms with Crippen LogP contribution in [0.3, 0.4) is 0 Å². The molecule has 0 aliphatic rings. The number of aryl methyl sites for hydroxylation is 1. The van der Waals surface area contributed by atoms with Gasteiger partial charge in [0, 0.05) is 0 Å². The van der Waals surface area contributed by atoms with Crippen LogP contribution in [-0.4, -0.2) is 40.9 Å². The minimum absolute atomic E-state index is 0.432. The molecule has 1 aromatic carbocycles. The summed E-state index contributed by atoms with van der Waals surface area (Å²) in [5.74, 6) is -19.8. The fourth-order valence-electron chi connectivity index (χ4n) is 1.69. The summed E-state index contributed by atoms with van der Waals surface area (Å²) in [5.41, 5.74) is 0.0717. The Hall–Kier alpha value is -2.34. The van der Waals surface area contributed by atoms with E-state index in [0.717, 1.165) is 12.1 Å². The van der Waals surface area contributed by atoms with Crippen LogP contribution in [0.4, 0.5) is 43.9 Å². The SMILES string of the molecule is Cc1ccc(CN(C(=O)C(F)(F)C(F)(F)F)C(=O)C(F)(F)C(F)(F)F)cc1. The number of alkyl halides is 10. The number of hydrogen-bond acceptors (Lipinski definition) is 2. The zero-order valence-electron chi connectivity index (χ0n) is 13.1. The van der Waals surface area contributed by atoms with Crippen LogP contribution in [0.15, 0.2) is 24.3 Å². The first kappa shape index (κ1) is 22.7. The largest absolute Gasteiger partial charge is 0.463 e. The Kier molecular flexibility index (Phi) is 5.89. The molecule has 1 aromatic rings. The van der Waals surface area contributed by atoms with E-state index in [1.165, 1.54) is 19.1 Å². The van der Waals surface area contributed by atoms with E-state index in [4.69, 9.17) is 0 Å². The van der Waals surface area contributed by atoms with Gasteiger partial charge in [-0.2, -0.15) is 43.9 Å². The van der Waals surface area contributed by atoms with Crippen LogP contribution >= 0.6 is 0 Å². The lowest BCUT2D eigenvalue weighted by Crippen LogP contribution is -2.59. The van der Waals surface area contributed by atoms with Crippen LogP contribution in [0, 0.1) is 6.92 Å². The Morgan fingerprint density at radius 1 is 0.741 bits per heavy atom. The number of halogens is 10. The third-order valence-corrected chi connectivity index (χ3v) is 3.20. The molecule has 0 spiro atoms. The molecule has 13 heteroatoms. The Labute approximate surface area is 144 Å². The van der Waals surface area contributed by atoms with Crippen molar-refractivity contribution in [3.63, 3.8) is 0 Å². The third kappa shape index (κ3) is 4.50. The summed E-state index contributed by atoms with van der Waals surface area (Å²) in [5, 5.41) is 0. The normalized spacial score (nSPS) is 13.4. The molecule has 0 aliphatic carbocycles. The summed E-state index contributed by atoms with van der Waals surface area (Å²) in [4.78, 5) is 21.4. The van der Waals surface area contributed by atoms with Crippen LogP contribution in [0.25, 0.3) is 0 Å². The molecule has 0 N–H and O–H groups in total. The van der Waals surface area contributed by atoms with Crippen molar-refractivity contribution in [3.8, 4) is 0 Å². The average molecular weight is 413 g/mol. The highest BCUT2D eigenvalue weighted by Gasteiger charge is 2.70. The number of carbonyl (C=O) groups excluding carboxylic acids is 2. The van der Waals surface area contributed by atoms with E-state index in [1.807, 2.05) is 0 Å². The number of rotatable bonds is 4. The molecule has 0 heterocycles. The zero-order chi connectivity index (χ0) is 21.4. The topological polar surface area (TPSA) is 37.4 Å². The molecule has 0 saturated carbocycles. The Balaban J connectivity index is 3.42. The molecule has 0 aliphatic heterocycles. The van der Waals surface area contributed by atoms with Crippen LogP contribution in [0.1, 0.15) is 11.1 Å². The van der Waals surface area contributed by atoms with Crippen molar-refractivity contribution >= 4 is 11.8 Å². The van der Waals surface area contributed by atoms with Gasteiger partial charge >= 0.3 is 36.0 Å². The quantitative estimate of drug-likeness (QED) is 0.693. The highest BCUT2D eigenvalue weighted by Crippen LogP contribution is 2.41. The van der Waals surface area contributed by atoms with Crippen molar-refractivity contribution in [2.75, 3.05) is 0 Å². The highest BCUT2D eigenvalue weighted by atomic mass is 19.4. The van der Waals surface area contributed by atoms with Crippen molar-refractivity contribution in [2.45, 2.75) is 37.7 Å². The summed E-state index contributed by atoms with van der Waals surface area (Å²) >= 11 is 0. The van der Waals surface area contributed by atoms with Gasteiger partial charge in [-0.25, -0.2) is 0 Å². The minimum atomic E-state index is -6.62. The predicted molar refractivity (Wildman–Crippen MR) is 68.7 cm³/mol. The molecule has 0 radical (unpaired) electrons. The van der Waals surface area contributed by atoms with Gasteiger partial charge in [-0.15, -0.1) is 0 Å². The van der Waals surface area contributed by atoms with Gasteiger partial charge in [-0.1, -0.05) is 29.8 Å². The van der Waals surface area contributed by atoms with Crippen molar-refractivity contribution in [1.82, 2.24) is 4.90 Å². The highest BCUT2D eigenvalue weighted by molar-refractivity contribution is 6.02. The van der Waals surface area contributed by atoms with Gasteiger partial charge in [-0.05, 0) is 12.5 Å². The fourth-order valence-corrected chi connectivity index (χ4v) is 1.69. The molecule has 27 heavy (non-hydrogen) atoms. The summed E-state index contributed by atoms with van der Waals surface area (Å²) in [6.45, 7) is -0.164. The first-order valence-corrected chi connectivity index (χ1v) is 6.74. The number of carbonyl (C=O) groups is 2. The van der Waals surface area contributed by atoms with Gasteiger partial charge in [0.25, 0.3) is 0 Å². The summed E-state index contributed by atoms with van der Waals surface area (Å²) < 4.78 is 127. The van der Waals surface area contributed by atoms with E-state index >= 15 is 0 Å². The molecule has 0 fully saturated rings. The summed E-state index contributed by atoms with van der Waals surface area (Å²) in [6.07, 6.45) is -13.2. The maximum absolute atomic E-state index is 13.2. The average Bonchev–Trinajstić information content (AvgIpc) is 2.50. The maximum atomic E-state index is 13.2. The lowest BCUT2D eigenvalue weighted by atomic mass is 10.1. The van der Waals surface area contributed by atoms with Crippen molar-refractivity contribution in [3.05, 3.63) is 35.4 Å². The standard InChI is InChI=1S/C14H9F10NO2/c1-7-2-4-8(5-3-7)6-25(9(26)11(15,16)13(19,20)21)10(27)12(17,18)14(22,23)24/h2-5H,6H2,1H3. The molecule has 0 unspecified atom stereocenters. The van der Waals surface area contributed by atoms with Gasteiger partial charge < -0.3 is 0 Å². The Morgan fingerprint density at radius 3 is 1.37 bits per heavy atom. The maximum Gasteiger partial charge on any atom is 0.463 e. The number of benzene rings is 1. The number of nitrogens with zero attached hydrogens (tertiary/aromatic N) is 1. The second-order valence-electron chi connectivity index (χ2n) is 5.33. The predicted octanol–water partition coefficient (Wildman–Crippen LogP) is 4.25. The minimum Gasteiger partial charge on any atom is -0.267 e. The lowest BCUT2D eigenvalue weighted by Gasteiger charge is -2.30. The van der Waals surface area contributed by atoms with E-state index in [0.29, 0.717) is 5.56 Å². The first-order valence-electron chi connectivity index (χ1n) is 6.74. The Morgan fingerprint density at radius 2 is 1.07 bits per heavy atom. The van der Waals surface area contributed by atoms with Crippen LogP contribution in [0.2, 0.25) is 0 Å². The van der Waals surface area contributed by atoms with Crippen LogP contribution in [-0.2, 0) is 16.1 Å². The monoisotopic (exact) mass is 413 g/mol. The molecule has 1 rings (SSSR count). The second-order valence-corrected chi connectivity index (χ2v) is 5.33. The molecular weight excluding hydrogens is 404 g/mol. The third-order valence-electron chi connectivity index (χ3n) is 3.20. The first-order chi connectivity index (χ1) is 11.9.